The van der Waals surface area contributed by atoms with Crippen LogP contribution in [-0.2, 0) is 16.0 Å². The van der Waals surface area contributed by atoms with Gasteiger partial charge in [-0.05, 0) is 50.8 Å². The van der Waals surface area contributed by atoms with Crippen LogP contribution in [0.1, 0.15) is 44.9 Å². The number of hydrogen-bond donors (Lipinski definition) is 2. The summed E-state index contributed by atoms with van der Waals surface area (Å²) in [5.41, 5.74) is 0.942. The minimum Gasteiger partial charge on any atom is -0.504 e. The average molecular weight is 517 g/mol. The lowest BCUT2D eigenvalue weighted by molar-refractivity contribution is -0.166. The van der Waals surface area contributed by atoms with Crippen molar-refractivity contribution in [3.8, 4) is 45.6 Å². The van der Waals surface area contributed by atoms with Crippen LogP contribution in [0, 0.1) is 5.92 Å². The molecule has 0 bridgehead atoms. The lowest BCUT2D eigenvalue weighted by atomic mass is 9.73. The molecule has 0 fully saturated rings. The molecule has 0 radical (unpaired) electrons. The fraction of sp³-hybridized carbons (Fsp3) is 0.464. The first kappa shape index (κ1) is 28.0. The molecule has 9 heteroatoms. The van der Waals surface area contributed by atoms with Gasteiger partial charge in [0.05, 0.1) is 35.5 Å². The van der Waals surface area contributed by atoms with E-state index in [0.29, 0.717) is 45.7 Å². The van der Waals surface area contributed by atoms with Crippen molar-refractivity contribution in [2.45, 2.75) is 45.8 Å². The number of carbonyl (C=O) groups is 1. The van der Waals surface area contributed by atoms with Crippen LogP contribution in [0.3, 0.4) is 0 Å². The maximum Gasteiger partial charge on any atom is 0.334 e. The molecule has 1 aliphatic rings. The minimum absolute atomic E-state index is 0.113. The van der Waals surface area contributed by atoms with Gasteiger partial charge in [0.2, 0.25) is 11.5 Å². The molecule has 0 unspecified atom stereocenters. The molecule has 9 nitrogen and oxygen atoms in total. The molecule has 0 saturated carbocycles. The number of allylic oxidation sites excluding steroid dienone is 1. The van der Waals surface area contributed by atoms with Crippen LogP contribution in [0.2, 0.25) is 0 Å². The molecule has 2 N–H and O–H groups in total. The van der Waals surface area contributed by atoms with Gasteiger partial charge in [-0.2, -0.15) is 0 Å². The first-order valence-corrected chi connectivity index (χ1v) is 11.9. The number of esters is 1. The monoisotopic (exact) mass is 516 g/mol. The number of ether oxygens (including phenoxy) is 6. The van der Waals surface area contributed by atoms with Gasteiger partial charge >= 0.3 is 5.97 Å². The van der Waals surface area contributed by atoms with E-state index in [9.17, 15) is 15.0 Å². The molecular formula is C28H36O9. The summed E-state index contributed by atoms with van der Waals surface area (Å²) in [6.07, 6.45) is 0.821. The summed E-state index contributed by atoms with van der Waals surface area (Å²) in [5.74, 6) is 0.158. The SMILES string of the molecule is C/C=C(/C)C(=O)O[C@H]1c2cc(OC)c(OC)c(OC)c2-c2c(cc(O)c(OC)c2OC)C[C@@H](C)[C@@]1(C)O. The number of aromatic hydroxyl groups is 1. The lowest BCUT2D eigenvalue weighted by Gasteiger charge is -2.41. The molecule has 0 heterocycles. The third-order valence-corrected chi connectivity index (χ3v) is 7.13. The molecular weight excluding hydrogens is 480 g/mol. The highest BCUT2D eigenvalue weighted by atomic mass is 16.6. The summed E-state index contributed by atoms with van der Waals surface area (Å²) in [4.78, 5) is 13.0. The van der Waals surface area contributed by atoms with Gasteiger partial charge in [0, 0.05) is 22.3 Å². The summed E-state index contributed by atoms with van der Waals surface area (Å²) < 4.78 is 34.4. The first-order chi connectivity index (χ1) is 17.5. The van der Waals surface area contributed by atoms with Crippen molar-refractivity contribution in [3.63, 3.8) is 0 Å². The number of carbonyl (C=O) groups excluding carboxylic acids is 1. The Kier molecular flexibility index (Phi) is 8.17. The molecule has 0 aromatic heterocycles. The van der Waals surface area contributed by atoms with E-state index in [2.05, 4.69) is 0 Å². The highest BCUT2D eigenvalue weighted by molar-refractivity contribution is 5.90. The van der Waals surface area contributed by atoms with Crippen LogP contribution in [0.25, 0.3) is 11.1 Å². The van der Waals surface area contributed by atoms with Crippen molar-refractivity contribution < 1.29 is 43.4 Å². The topological polar surface area (TPSA) is 113 Å². The smallest absolute Gasteiger partial charge is 0.334 e. The average Bonchev–Trinajstić information content (AvgIpc) is 2.88. The Balaban J connectivity index is 2.59. The number of fused-ring (bicyclic) bond motifs is 3. The van der Waals surface area contributed by atoms with Gasteiger partial charge in [-0.1, -0.05) is 13.0 Å². The van der Waals surface area contributed by atoms with Crippen molar-refractivity contribution in [2.75, 3.05) is 35.5 Å². The van der Waals surface area contributed by atoms with Gasteiger partial charge in [0.25, 0.3) is 0 Å². The fourth-order valence-electron chi connectivity index (χ4n) is 4.76. The van der Waals surface area contributed by atoms with E-state index in [1.165, 1.54) is 35.5 Å². The molecule has 0 saturated heterocycles. The van der Waals surface area contributed by atoms with E-state index in [1.54, 1.807) is 39.0 Å². The number of benzene rings is 2. The summed E-state index contributed by atoms with van der Waals surface area (Å²) >= 11 is 0. The Hall–Kier alpha value is -3.59. The highest BCUT2D eigenvalue weighted by Gasteiger charge is 2.46. The summed E-state index contributed by atoms with van der Waals surface area (Å²) in [6, 6.07) is 3.24. The van der Waals surface area contributed by atoms with Crippen LogP contribution < -0.4 is 23.7 Å². The molecule has 3 atom stereocenters. The van der Waals surface area contributed by atoms with Crippen LogP contribution in [0.15, 0.2) is 23.8 Å². The highest BCUT2D eigenvalue weighted by Crippen LogP contribution is 2.58. The van der Waals surface area contributed by atoms with Crippen molar-refractivity contribution in [3.05, 3.63) is 34.9 Å². The molecule has 1 aliphatic carbocycles. The normalized spacial score (nSPS) is 21.1. The maximum absolute atomic E-state index is 13.0. The third kappa shape index (κ3) is 4.64. The Labute approximate surface area is 217 Å². The van der Waals surface area contributed by atoms with Gasteiger partial charge in [0.15, 0.2) is 29.1 Å². The predicted octanol–water partition coefficient (Wildman–Crippen LogP) is 4.60. The zero-order valence-electron chi connectivity index (χ0n) is 22.8. The quantitative estimate of drug-likeness (QED) is 0.403. The number of phenolic OH excluding ortho intramolecular Hbond substituents is 1. The molecule has 0 aliphatic heterocycles. The van der Waals surface area contributed by atoms with E-state index in [-0.39, 0.29) is 23.0 Å². The standard InChI is InChI=1S/C28H36O9/c1-10-14(2)27(30)37-26-17-13-19(32-5)23(34-7)25(36-9)21(17)20-16(11-15(3)28(26,4)31)12-18(29)22(33-6)24(20)35-8/h10,12-13,15,26,29,31H,11H2,1-9H3/b14-10-/t15-,26+,28-/m1/s1. The molecule has 0 amide bonds. The third-order valence-electron chi connectivity index (χ3n) is 7.13. The lowest BCUT2D eigenvalue weighted by Crippen LogP contribution is -2.44. The van der Waals surface area contributed by atoms with Crippen LogP contribution >= 0.6 is 0 Å². The molecule has 2 aromatic carbocycles. The van der Waals surface area contributed by atoms with Crippen molar-refractivity contribution in [1.29, 1.82) is 0 Å². The van der Waals surface area contributed by atoms with Gasteiger partial charge < -0.3 is 38.6 Å². The second-order valence-electron chi connectivity index (χ2n) is 9.19. The Morgan fingerprint density at radius 2 is 1.51 bits per heavy atom. The number of methoxy groups -OCH3 is 5. The number of phenols is 1. The molecule has 202 valence electrons. The van der Waals surface area contributed by atoms with Crippen molar-refractivity contribution >= 4 is 5.97 Å². The summed E-state index contributed by atoms with van der Waals surface area (Å²) in [6.45, 7) is 6.86. The van der Waals surface area contributed by atoms with Crippen molar-refractivity contribution in [2.24, 2.45) is 5.92 Å². The predicted molar refractivity (Wildman–Crippen MR) is 138 cm³/mol. The zero-order valence-corrected chi connectivity index (χ0v) is 22.8. The van der Waals surface area contributed by atoms with Gasteiger partial charge in [0.1, 0.15) is 5.60 Å². The summed E-state index contributed by atoms with van der Waals surface area (Å²) in [7, 11) is 7.34. The van der Waals surface area contributed by atoms with Gasteiger partial charge in [-0.25, -0.2) is 4.79 Å². The first-order valence-electron chi connectivity index (χ1n) is 11.9. The largest absolute Gasteiger partial charge is 0.504 e. The Morgan fingerprint density at radius 3 is 2.03 bits per heavy atom. The molecule has 37 heavy (non-hydrogen) atoms. The van der Waals surface area contributed by atoms with Crippen LogP contribution in [0.4, 0.5) is 0 Å². The number of aliphatic hydroxyl groups is 1. The van der Waals surface area contributed by atoms with E-state index < -0.39 is 23.6 Å². The molecule has 0 spiro atoms. The van der Waals surface area contributed by atoms with E-state index in [4.69, 9.17) is 28.4 Å². The number of rotatable bonds is 7. The summed E-state index contributed by atoms with van der Waals surface area (Å²) in [5, 5.41) is 22.7. The zero-order chi connectivity index (χ0) is 27.7. The second kappa shape index (κ2) is 10.8. The van der Waals surface area contributed by atoms with E-state index >= 15 is 0 Å². The molecule has 3 rings (SSSR count). The van der Waals surface area contributed by atoms with E-state index in [1.807, 2.05) is 6.92 Å². The molecule has 2 aromatic rings. The Bertz CT molecular complexity index is 1210. The van der Waals surface area contributed by atoms with E-state index in [0.717, 1.165) is 0 Å². The second-order valence-corrected chi connectivity index (χ2v) is 9.19. The Morgan fingerprint density at radius 1 is 0.946 bits per heavy atom. The maximum atomic E-state index is 13.0. The number of hydrogen-bond acceptors (Lipinski definition) is 9. The van der Waals surface area contributed by atoms with Gasteiger partial charge in [-0.3, -0.25) is 0 Å². The minimum atomic E-state index is -1.54. The van der Waals surface area contributed by atoms with Crippen molar-refractivity contribution in [1.82, 2.24) is 0 Å². The van der Waals surface area contributed by atoms with Crippen LogP contribution in [0.5, 0.6) is 34.5 Å². The fourth-order valence-corrected chi connectivity index (χ4v) is 4.76. The van der Waals surface area contributed by atoms with Gasteiger partial charge in [-0.15, -0.1) is 0 Å². The van der Waals surface area contributed by atoms with Crippen LogP contribution in [-0.4, -0.2) is 57.3 Å².